The Balaban J connectivity index is 1.05. The highest BCUT2D eigenvalue weighted by atomic mass is 32.2. The van der Waals surface area contributed by atoms with Crippen LogP contribution in [-0.4, -0.2) is 73.1 Å². The third kappa shape index (κ3) is 8.21. The number of nitrogens with zero attached hydrogens (tertiary/aromatic N) is 3. The summed E-state index contributed by atoms with van der Waals surface area (Å²) >= 11 is 7.07. The van der Waals surface area contributed by atoms with Crippen LogP contribution in [0.4, 0.5) is 24.5 Å². The number of anilines is 2. The van der Waals surface area contributed by atoms with Crippen molar-refractivity contribution in [3.05, 3.63) is 83.4 Å². The molecule has 1 fully saturated rings. The lowest BCUT2D eigenvalue weighted by Crippen LogP contribution is -2.47. The van der Waals surface area contributed by atoms with E-state index in [1.807, 2.05) is 48.5 Å². The lowest BCUT2D eigenvalue weighted by Gasteiger charge is -2.36. The van der Waals surface area contributed by atoms with Crippen molar-refractivity contribution in [2.24, 2.45) is 5.92 Å². The van der Waals surface area contributed by atoms with Gasteiger partial charge in [-0.15, -0.1) is 0 Å². The first-order chi connectivity index (χ1) is 21.1. The zero-order valence-electron chi connectivity index (χ0n) is 25.1. The summed E-state index contributed by atoms with van der Waals surface area (Å²) in [6, 6.07) is 19.6. The molecule has 0 aliphatic carbocycles. The maximum Gasteiger partial charge on any atom is 0.416 e. The highest BCUT2D eigenvalue weighted by Gasteiger charge is 2.33. The fraction of sp³-hybridized carbons (Fsp3) is 0.412. The van der Waals surface area contributed by atoms with Gasteiger partial charge in [-0.3, -0.25) is 9.69 Å². The van der Waals surface area contributed by atoms with Crippen LogP contribution in [0.5, 0.6) is 0 Å². The summed E-state index contributed by atoms with van der Waals surface area (Å²) in [6.45, 7) is 10.3. The largest absolute Gasteiger partial charge is 0.485 e. The predicted octanol–water partition coefficient (Wildman–Crippen LogP) is 7.74. The minimum atomic E-state index is -4.37. The molecule has 3 aromatic carbocycles. The lowest BCUT2D eigenvalue weighted by molar-refractivity contribution is -0.137. The van der Waals surface area contributed by atoms with E-state index < -0.39 is 11.7 Å². The number of Topliss-reactive ketones (excluding diaryl/α,β-unsaturated/α-hetero) is 1. The van der Waals surface area contributed by atoms with Gasteiger partial charge in [0.1, 0.15) is 6.61 Å². The molecule has 0 saturated carbocycles. The first-order valence-electron chi connectivity index (χ1n) is 15.1. The number of ketones is 1. The number of ether oxygens (including phenoxy) is 1. The smallest absolute Gasteiger partial charge is 0.416 e. The van der Waals surface area contributed by atoms with Gasteiger partial charge >= 0.3 is 6.18 Å². The van der Waals surface area contributed by atoms with Crippen molar-refractivity contribution in [3.63, 3.8) is 0 Å². The monoisotopic (exact) mass is 641 g/mol. The lowest BCUT2D eigenvalue weighted by atomic mass is 10.00. The van der Waals surface area contributed by atoms with Crippen LogP contribution in [0.25, 0.3) is 0 Å². The van der Waals surface area contributed by atoms with Crippen molar-refractivity contribution in [2.45, 2.75) is 42.7 Å². The first-order valence-corrected chi connectivity index (χ1v) is 16.3. The van der Waals surface area contributed by atoms with E-state index in [2.05, 4.69) is 21.6 Å². The predicted molar refractivity (Wildman–Crippen MR) is 174 cm³/mol. The normalized spacial score (nSPS) is 16.2. The highest BCUT2D eigenvalue weighted by Crippen LogP contribution is 2.49. The van der Waals surface area contributed by atoms with Gasteiger partial charge in [-0.2, -0.15) is 13.2 Å². The molecule has 2 aliphatic rings. The molecule has 0 spiro atoms. The van der Waals surface area contributed by atoms with Crippen LogP contribution >= 0.6 is 24.0 Å². The van der Waals surface area contributed by atoms with E-state index in [4.69, 9.17) is 17.0 Å². The second-order valence-electron chi connectivity index (χ2n) is 11.5. The number of fused-ring (bicyclic) bond motifs is 2. The van der Waals surface area contributed by atoms with E-state index in [0.29, 0.717) is 29.5 Å². The van der Waals surface area contributed by atoms with E-state index in [9.17, 15) is 18.0 Å². The zero-order chi connectivity index (χ0) is 31.3. The molecular weight excluding hydrogens is 604 g/mol. The minimum absolute atomic E-state index is 0.0595. The molecule has 1 unspecified atom stereocenters. The quantitative estimate of drug-likeness (QED) is 0.157. The number of carbonyl (C=O) groups excluding carboxylic acids is 1. The van der Waals surface area contributed by atoms with Crippen LogP contribution in [-0.2, 0) is 17.3 Å². The molecule has 0 N–H and O–H groups in total. The Labute approximate surface area is 267 Å². The van der Waals surface area contributed by atoms with Crippen LogP contribution in [0.15, 0.2) is 76.5 Å². The van der Waals surface area contributed by atoms with Gasteiger partial charge in [-0.1, -0.05) is 55.1 Å². The van der Waals surface area contributed by atoms with Gasteiger partial charge in [0.05, 0.1) is 16.9 Å². The van der Waals surface area contributed by atoms with E-state index in [1.165, 1.54) is 23.9 Å². The summed E-state index contributed by atoms with van der Waals surface area (Å²) in [5.74, 6) is 0.159. The molecule has 5 nitrogen and oxygen atoms in total. The Morgan fingerprint density at radius 1 is 0.909 bits per heavy atom. The molecule has 2 aliphatic heterocycles. The number of halogens is 3. The molecular formula is C34H38F3N3O2S2. The maximum absolute atomic E-state index is 13.5. The summed E-state index contributed by atoms with van der Waals surface area (Å²) in [5, 5.41) is 0.612. The second-order valence-corrected chi connectivity index (χ2v) is 13.0. The molecule has 234 valence electrons. The molecule has 44 heavy (non-hydrogen) atoms. The standard InChI is InChI=1S/C34H38F3N3O2S2/c1-24(22-26-8-10-27(11-9-26)25(2)41)33(43)42-21-20-39-18-16-38(17-19-39)14-5-15-40-29-6-3-4-7-31(29)44-32-13-12-28(23-30(32)40)34(35,36)37/h3-4,6-13,23-24H,5,14-22H2,1-2H3. The Bertz CT molecular complexity index is 1460. The third-order valence-electron chi connectivity index (χ3n) is 8.23. The average Bonchev–Trinajstić information content (AvgIpc) is 3.01. The topological polar surface area (TPSA) is 36.0 Å². The maximum atomic E-state index is 13.5. The summed E-state index contributed by atoms with van der Waals surface area (Å²) in [5.41, 5.74) is 2.82. The summed E-state index contributed by atoms with van der Waals surface area (Å²) in [7, 11) is 0. The van der Waals surface area contributed by atoms with Crippen molar-refractivity contribution >= 4 is 46.2 Å². The van der Waals surface area contributed by atoms with Crippen LogP contribution in [0.2, 0.25) is 0 Å². The SMILES string of the molecule is CC(=O)c1ccc(CC(C)C(=S)OCCN2CCN(CCCN3c4ccccc4Sc4ccc(C(F)(F)F)cc43)CC2)cc1. The third-order valence-corrected chi connectivity index (χ3v) is 9.88. The van der Waals surface area contributed by atoms with Crippen molar-refractivity contribution in [1.29, 1.82) is 0 Å². The Morgan fingerprint density at radius 2 is 1.57 bits per heavy atom. The van der Waals surface area contributed by atoms with Crippen LogP contribution < -0.4 is 4.90 Å². The molecule has 1 atom stereocenters. The van der Waals surface area contributed by atoms with Crippen molar-refractivity contribution < 1.29 is 22.7 Å². The van der Waals surface area contributed by atoms with Gasteiger partial charge in [0.2, 0.25) is 0 Å². The average molecular weight is 642 g/mol. The highest BCUT2D eigenvalue weighted by molar-refractivity contribution is 7.99. The fourth-order valence-corrected chi connectivity index (χ4v) is 6.91. The Morgan fingerprint density at radius 3 is 2.25 bits per heavy atom. The van der Waals surface area contributed by atoms with Crippen molar-refractivity contribution in [2.75, 3.05) is 57.3 Å². The van der Waals surface area contributed by atoms with Gasteiger partial charge in [0.15, 0.2) is 10.8 Å². The molecule has 0 amide bonds. The number of piperazine rings is 1. The van der Waals surface area contributed by atoms with E-state index >= 15 is 0 Å². The zero-order valence-corrected chi connectivity index (χ0v) is 26.7. The summed E-state index contributed by atoms with van der Waals surface area (Å²) < 4.78 is 46.5. The second kappa shape index (κ2) is 14.5. The molecule has 10 heteroatoms. The molecule has 1 saturated heterocycles. The number of hydrogen-bond acceptors (Lipinski definition) is 7. The first kappa shape index (κ1) is 32.5. The number of rotatable bonds is 11. The number of thiocarbonyl (C=S) groups is 1. The Hall–Kier alpha value is -2.92. The van der Waals surface area contributed by atoms with Gasteiger partial charge in [-0.05, 0) is 74.4 Å². The van der Waals surface area contributed by atoms with E-state index in [0.717, 1.165) is 73.2 Å². The molecule has 3 aromatic rings. The molecule has 5 rings (SSSR count). The summed E-state index contributed by atoms with van der Waals surface area (Å²) in [4.78, 5) is 20.3. The van der Waals surface area contributed by atoms with E-state index in [-0.39, 0.29) is 11.7 Å². The van der Waals surface area contributed by atoms with Crippen LogP contribution in [0, 0.1) is 5.92 Å². The fourth-order valence-electron chi connectivity index (χ4n) is 5.67. The van der Waals surface area contributed by atoms with Crippen molar-refractivity contribution in [3.8, 4) is 0 Å². The molecule has 2 heterocycles. The summed E-state index contributed by atoms with van der Waals surface area (Å²) in [6.07, 6.45) is -2.76. The number of carbonyl (C=O) groups is 1. The Kier molecular flexibility index (Phi) is 10.7. The number of para-hydroxylation sites is 1. The van der Waals surface area contributed by atoms with Crippen molar-refractivity contribution in [1.82, 2.24) is 9.80 Å². The minimum Gasteiger partial charge on any atom is -0.485 e. The van der Waals surface area contributed by atoms with Gasteiger partial charge in [0, 0.05) is 60.5 Å². The number of alkyl halides is 3. The van der Waals surface area contributed by atoms with Crippen LogP contribution in [0.3, 0.4) is 0 Å². The molecule has 0 aromatic heterocycles. The van der Waals surface area contributed by atoms with Gasteiger partial charge in [0.25, 0.3) is 0 Å². The number of hydrogen-bond donors (Lipinski definition) is 0. The van der Waals surface area contributed by atoms with Crippen LogP contribution in [0.1, 0.15) is 41.8 Å². The molecule has 0 bridgehead atoms. The number of benzene rings is 3. The van der Waals surface area contributed by atoms with E-state index in [1.54, 1.807) is 13.0 Å². The van der Waals surface area contributed by atoms with Gasteiger partial charge in [-0.25, -0.2) is 0 Å². The molecule has 0 radical (unpaired) electrons. The van der Waals surface area contributed by atoms with Gasteiger partial charge < -0.3 is 14.5 Å².